The maximum absolute atomic E-state index is 11.3. The van der Waals surface area contributed by atoms with Gasteiger partial charge in [0.05, 0.1) is 13.7 Å². The molecule has 0 radical (unpaired) electrons. The second kappa shape index (κ2) is 5.51. The van der Waals surface area contributed by atoms with Crippen LogP contribution in [0.15, 0.2) is 42.5 Å². The normalized spacial score (nSPS) is 19.5. The second-order valence-corrected chi connectivity index (χ2v) is 5.28. The number of rotatable bonds is 5. The number of hydrogen-bond acceptors (Lipinski definition) is 4. The van der Waals surface area contributed by atoms with Gasteiger partial charge in [-0.25, -0.2) is 4.79 Å². The van der Waals surface area contributed by atoms with Crippen molar-refractivity contribution in [1.29, 1.82) is 0 Å². The molecule has 0 bridgehead atoms. The lowest BCUT2D eigenvalue weighted by Gasteiger charge is -2.14. The molecule has 22 heavy (non-hydrogen) atoms. The highest BCUT2D eigenvalue weighted by atomic mass is 35.5. The van der Waals surface area contributed by atoms with E-state index in [0.717, 1.165) is 0 Å². The minimum atomic E-state index is -1.30. The molecule has 1 atom stereocenters. The zero-order valence-corrected chi connectivity index (χ0v) is 12.5. The van der Waals surface area contributed by atoms with Gasteiger partial charge in [0.1, 0.15) is 17.2 Å². The van der Waals surface area contributed by atoms with Crippen molar-refractivity contribution in [3.8, 4) is 17.2 Å². The largest absolute Gasteiger partial charge is 0.496 e. The zero-order valence-electron chi connectivity index (χ0n) is 11.7. The molecule has 5 nitrogen and oxygen atoms in total. The van der Waals surface area contributed by atoms with Gasteiger partial charge in [0, 0.05) is 16.7 Å². The minimum Gasteiger partial charge on any atom is -0.496 e. The number of hydrogen-bond donors (Lipinski definition) is 1. The highest BCUT2D eigenvalue weighted by Gasteiger charge is 2.56. The summed E-state index contributed by atoms with van der Waals surface area (Å²) in [5.41, 5.74) is -0.824. The SMILES string of the molecule is COc1cc(Oc2ccc(Cl)cc2)ccc1C1(C(=O)O)CO1. The van der Waals surface area contributed by atoms with Crippen molar-refractivity contribution in [3.05, 3.63) is 53.1 Å². The summed E-state index contributed by atoms with van der Waals surface area (Å²) in [6.07, 6.45) is 0. The Hall–Kier alpha value is -2.24. The Morgan fingerprint density at radius 2 is 1.86 bits per heavy atom. The van der Waals surface area contributed by atoms with Crippen molar-refractivity contribution in [2.24, 2.45) is 0 Å². The number of methoxy groups -OCH3 is 1. The predicted molar refractivity (Wildman–Crippen MR) is 79.8 cm³/mol. The Bertz CT molecular complexity index is 707. The molecule has 0 aromatic heterocycles. The first-order valence-corrected chi connectivity index (χ1v) is 6.92. The van der Waals surface area contributed by atoms with Crippen LogP contribution in [0.3, 0.4) is 0 Å². The van der Waals surface area contributed by atoms with Gasteiger partial charge in [0.25, 0.3) is 0 Å². The molecule has 1 fully saturated rings. The summed E-state index contributed by atoms with van der Waals surface area (Å²) in [5.74, 6) is 0.530. The Balaban J connectivity index is 1.89. The molecule has 0 amide bonds. The van der Waals surface area contributed by atoms with Crippen molar-refractivity contribution in [2.75, 3.05) is 13.7 Å². The van der Waals surface area contributed by atoms with E-state index in [1.807, 2.05) is 0 Å². The number of halogens is 1. The van der Waals surface area contributed by atoms with Crippen molar-refractivity contribution in [1.82, 2.24) is 0 Å². The molecule has 0 spiro atoms. The van der Waals surface area contributed by atoms with Crippen LogP contribution in [0.4, 0.5) is 0 Å². The molecule has 0 aliphatic carbocycles. The average molecular weight is 321 g/mol. The third-order valence-corrected chi connectivity index (χ3v) is 3.69. The van der Waals surface area contributed by atoms with Gasteiger partial charge in [-0.05, 0) is 36.4 Å². The lowest BCUT2D eigenvalue weighted by atomic mass is 9.99. The van der Waals surface area contributed by atoms with Crippen molar-refractivity contribution in [2.45, 2.75) is 5.60 Å². The number of aliphatic carboxylic acids is 1. The van der Waals surface area contributed by atoms with E-state index in [0.29, 0.717) is 27.8 Å². The third kappa shape index (κ3) is 2.61. The average Bonchev–Trinajstić information content (AvgIpc) is 3.31. The summed E-state index contributed by atoms with van der Waals surface area (Å²) < 4.78 is 16.1. The fourth-order valence-electron chi connectivity index (χ4n) is 2.17. The first-order chi connectivity index (χ1) is 10.5. The summed E-state index contributed by atoms with van der Waals surface area (Å²) >= 11 is 5.82. The summed E-state index contributed by atoms with van der Waals surface area (Å²) in [6, 6.07) is 11.9. The smallest absolute Gasteiger partial charge is 0.343 e. The van der Waals surface area contributed by atoms with Crippen LogP contribution in [0, 0.1) is 0 Å². The maximum atomic E-state index is 11.3. The van der Waals surface area contributed by atoms with Crippen LogP contribution in [-0.2, 0) is 15.1 Å². The van der Waals surface area contributed by atoms with Crippen molar-refractivity contribution >= 4 is 17.6 Å². The van der Waals surface area contributed by atoms with E-state index in [1.54, 1.807) is 42.5 Å². The molecule has 3 rings (SSSR count). The highest BCUT2D eigenvalue weighted by molar-refractivity contribution is 6.30. The summed E-state index contributed by atoms with van der Waals surface area (Å²) in [7, 11) is 1.48. The van der Waals surface area contributed by atoms with Crippen LogP contribution in [0.5, 0.6) is 17.2 Å². The fraction of sp³-hybridized carbons (Fsp3) is 0.188. The molecule has 1 N–H and O–H groups in total. The van der Waals surface area contributed by atoms with Crippen LogP contribution >= 0.6 is 11.6 Å². The predicted octanol–water partition coefficient (Wildman–Crippen LogP) is 3.45. The Kier molecular flexibility index (Phi) is 3.68. The van der Waals surface area contributed by atoms with Gasteiger partial charge >= 0.3 is 5.97 Å². The number of ether oxygens (including phenoxy) is 3. The topological polar surface area (TPSA) is 68.3 Å². The number of epoxide rings is 1. The first kappa shape index (κ1) is 14.7. The maximum Gasteiger partial charge on any atom is 0.343 e. The van der Waals surface area contributed by atoms with Gasteiger partial charge in [-0.15, -0.1) is 0 Å². The van der Waals surface area contributed by atoms with E-state index < -0.39 is 11.6 Å². The zero-order chi connectivity index (χ0) is 15.7. The van der Waals surface area contributed by atoms with Gasteiger partial charge in [0.15, 0.2) is 0 Å². The van der Waals surface area contributed by atoms with Crippen LogP contribution in [0.2, 0.25) is 5.02 Å². The molecule has 1 heterocycles. The second-order valence-electron chi connectivity index (χ2n) is 4.84. The molecule has 1 saturated heterocycles. The van der Waals surface area contributed by atoms with Crippen LogP contribution in [-0.4, -0.2) is 24.8 Å². The molecule has 2 aromatic rings. The van der Waals surface area contributed by atoms with Crippen LogP contribution in [0.25, 0.3) is 0 Å². The van der Waals surface area contributed by atoms with Crippen LogP contribution in [0.1, 0.15) is 5.56 Å². The van der Waals surface area contributed by atoms with E-state index in [4.69, 9.17) is 25.8 Å². The van der Waals surface area contributed by atoms with E-state index in [2.05, 4.69) is 0 Å². The number of benzene rings is 2. The number of carbonyl (C=O) groups is 1. The van der Waals surface area contributed by atoms with Gasteiger partial charge in [-0.1, -0.05) is 11.6 Å². The highest BCUT2D eigenvalue weighted by Crippen LogP contribution is 2.45. The standard InChI is InChI=1S/C16H13ClO5/c1-20-14-8-12(22-11-4-2-10(17)3-5-11)6-7-13(14)16(9-21-16)15(18)19/h2-8H,9H2,1H3,(H,18,19). The van der Waals surface area contributed by atoms with E-state index >= 15 is 0 Å². The molecule has 0 saturated carbocycles. The molecule has 1 aliphatic heterocycles. The third-order valence-electron chi connectivity index (χ3n) is 3.44. The number of carboxylic acid groups (broad SMARTS) is 1. The summed E-state index contributed by atoms with van der Waals surface area (Å²) in [6.45, 7) is 0.135. The lowest BCUT2D eigenvalue weighted by Crippen LogP contribution is -2.22. The molecule has 2 aromatic carbocycles. The Morgan fingerprint density at radius 3 is 2.41 bits per heavy atom. The van der Waals surface area contributed by atoms with Crippen molar-refractivity contribution < 1.29 is 24.1 Å². The molecule has 1 aliphatic rings. The van der Waals surface area contributed by atoms with Crippen molar-refractivity contribution in [3.63, 3.8) is 0 Å². The summed E-state index contributed by atoms with van der Waals surface area (Å²) in [5, 5.41) is 9.90. The molecular weight excluding hydrogens is 308 g/mol. The number of carboxylic acids is 1. The minimum absolute atomic E-state index is 0.135. The molecular formula is C16H13ClO5. The van der Waals surface area contributed by atoms with Gasteiger partial charge < -0.3 is 19.3 Å². The van der Waals surface area contributed by atoms with E-state index in [-0.39, 0.29) is 6.61 Å². The Labute approximate surface area is 132 Å². The van der Waals surface area contributed by atoms with Gasteiger partial charge in [0.2, 0.25) is 5.60 Å². The van der Waals surface area contributed by atoms with E-state index in [1.165, 1.54) is 7.11 Å². The van der Waals surface area contributed by atoms with Gasteiger partial charge in [-0.3, -0.25) is 0 Å². The molecule has 1 unspecified atom stereocenters. The van der Waals surface area contributed by atoms with Crippen LogP contribution < -0.4 is 9.47 Å². The summed E-state index contributed by atoms with van der Waals surface area (Å²) in [4.78, 5) is 11.3. The quantitative estimate of drug-likeness (QED) is 0.855. The van der Waals surface area contributed by atoms with Gasteiger partial charge in [-0.2, -0.15) is 0 Å². The first-order valence-electron chi connectivity index (χ1n) is 6.54. The lowest BCUT2D eigenvalue weighted by molar-refractivity contribution is -0.143. The molecule has 114 valence electrons. The molecule has 6 heteroatoms. The van der Waals surface area contributed by atoms with E-state index in [9.17, 15) is 9.90 Å². The monoisotopic (exact) mass is 320 g/mol. The Morgan fingerprint density at radius 1 is 1.23 bits per heavy atom. The fourth-order valence-corrected chi connectivity index (χ4v) is 2.30.